The summed E-state index contributed by atoms with van der Waals surface area (Å²) in [7, 11) is -2.14. The SMILES string of the molecule is CCOc1ccc(OC)cc1/C=N/NS(=O)(=O)c1ccccc1. The summed E-state index contributed by atoms with van der Waals surface area (Å²) in [4.78, 5) is 2.32. The fourth-order valence-corrected chi connectivity index (χ4v) is 2.67. The molecule has 0 aromatic heterocycles. The number of ether oxygens (including phenoxy) is 2. The molecular formula is C16H18N2O4S. The van der Waals surface area contributed by atoms with Crippen LogP contribution in [0.25, 0.3) is 0 Å². The number of hydrogen-bond acceptors (Lipinski definition) is 5. The lowest BCUT2D eigenvalue weighted by Gasteiger charge is -2.09. The highest BCUT2D eigenvalue weighted by atomic mass is 32.2. The molecule has 0 fully saturated rings. The van der Waals surface area contributed by atoms with E-state index in [0.717, 1.165) is 0 Å². The van der Waals surface area contributed by atoms with Crippen molar-refractivity contribution in [1.82, 2.24) is 4.83 Å². The van der Waals surface area contributed by atoms with Gasteiger partial charge < -0.3 is 9.47 Å². The number of rotatable bonds is 7. The highest BCUT2D eigenvalue weighted by Gasteiger charge is 2.11. The minimum atomic E-state index is -3.69. The van der Waals surface area contributed by atoms with Crippen LogP contribution < -0.4 is 14.3 Å². The average Bonchev–Trinajstić information content (AvgIpc) is 2.57. The summed E-state index contributed by atoms with van der Waals surface area (Å²) in [6.07, 6.45) is 1.38. The van der Waals surface area contributed by atoms with Gasteiger partial charge in [0.2, 0.25) is 0 Å². The average molecular weight is 334 g/mol. The fourth-order valence-electron chi connectivity index (χ4n) is 1.86. The molecule has 23 heavy (non-hydrogen) atoms. The Morgan fingerprint density at radius 2 is 1.91 bits per heavy atom. The first-order chi connectivity index (χ1) is 11.1. The van der Waals surface area contributed by atoms with Crippen LogP contribution in [0.3, 0.4) is 0 Å². The molecule has 2 aromatic carbocycles. The van der Waals surface area contributed by atoms with E-state index in [4.69, 9.17) is 9.47 Å². The summed E-state index contributed by atoms with van der Waals surface area (Å²) < 4.78 is 34.8. The minimum absolute atomic E-state index is 0.146. The van der Waals surface area contributed by atoms with Crippen molar-refractivity contribution in [2.45, 2.75) is 11.8 Å². The summed E-state index contributed by atoms with van der Waals surface area (Å²) >= 11 is 0. The standard InChI is InChI=1S/C16H18N2O4S/c1-3-22-16-10-9-14(21-2)11-13(16)12-17-18-23(19,20)15-7-5-4-6-8-15/h4-12,18H,3H2,1-2H3/b17-12+. The molecular weight excluding hydrogens is 316 g/mol. The fraction of sp³-hybridized carbons (Fsp3) is 0.188. The normalized spacial score (nSPS) is 11.4. The molecule has 7 heteroatoms. The van der Waals surface area contributed by atoms with E-state index in [1.165, 1.54) is 18.3 Å². The molecule has 0 aliphatic rings. The van der Waals surface area contributed by atoms with Gasteiger partial charge in [0.1, 0.15) is 11.5 Å². The molecule has 0 unspecified atom stereocenters. The van der Waals surface area contributed by atoms with E-state index in [-0.39, 0.29) is 4.90 Å². The van der Waals surface area contributed by atoms with Crippen LogP contribution in [-0.2, 0) is 10.0 Å². The number of benzene rings is 2. The molecule has 122 valence electrons. The van der Waals surface area contributed by atoms with Crippen LogP contribution in [0.5, 0.6) is 11.5 Å². The Balaban J connectivity index is 2.20. The first-order valence-corrected chi connectivity index (χ1v) is 8.46. The first kappa shape index (κ1) is 16.8. The van der Waals surface area contributed by atoms with Crippen molar-refractivity contribution < 1.29 is 17.9 Å². The van der Waals surface area contributed by atoms with Gasteiger partial charge in [-0.15, -0.1) is 0 Å². The number of sulfonamides is 1. The third-order valence-electron chi connectivity index (χ3n) is 2.95. The minimum Gasteiger partial charge on any atom is -0.497 e. The third kappa shape index (κ3) is 4.46. The molecule has 0 saturated heterocycles. The molecule has 2 rings (SSSR count). The predicted octanol–water partition coefficient (Wildman–Crippen LogP) is 2.41. The van der Waals surface area contributed by atoms with E-state index in [2.05, 4.69) is 9.93 Å². The van der Waals surface area contributed by atoms with Crippen molar-refractivity contribution in [3.63, 3.8) is 0 Å². The number of methoxy groups -OCH3 is 1. The molecule has 0 bridgehead atoms. The summed E-state index contributed by atoms with van der Waals surface area (Å²) in [5.74, 6) is 1.22. The molecule has 0 spiro atoms. The summed E-state index contributed by atoms with van der Waals surface area (Å²) in [5, 5.41) is 3.81. The summed E-state index contributed by atoms with van der Waals surface area (Å²) in [6.45, 7) is 2.35. The zero-order chi connectivity index (χ0) is 16.7. The molecule has 0 heterocycles. The van der Waals surface area contributed by atoms with E-state index in [1.807, 2.05) is 6.92 Å². The molecule has 1 N–H and O–H groups in total. The highest BCUT2D eigenvalue weighted by molar-refractivity contribution is 7.89. The van der Waals surface area contributed by atoms with Crippen LogP contribution in [0.2, 0.25) is 0 Å². The van der Waals surface area contributed by atoms with E-state index in [9.17, 15) is 8.42 Å². The van der Waals surface area contributed by atoms with Crippen molar-refractivity contribution in [2.75, 3.05) is 13.7 Å². The van der Waals surface area contributed by atoms with E-state index in [1.54, 1.807) is 43.5 Å². The smallest absolute Gasteiger partial charge is 0.276 e. The maximum atomic E-state index is 12.1. The molecule has 0 atom stereocenters. The van der Waals surface area contributed by atoms with Crippen molar-refractivity contribution in [3.8, 4) is 11.5 Å². The molecule has 6 nitrogen and oxygen atoms in total. The van der Waals surface area contributed by atoms with Gasteiger partial charge in [0.25, 0.3) is 10.0 Å². The lowest BCUT2D eigenvalue weighted by Crippen LogP contribution is -2.18. The number of nitrogens with one attached hydrogen (secondary N) is 1. The van der Waals surface area contributed by atoms with Crippen LogP contribution in [0, 0.1) is 0 Å². The molecule has 0 saturated carbocycles. The molecule has 2 aromatic rings. The largest absolute Gasteiger partial charge is 0.497 e. The van der Waals surface area contributed by atoms with Crippen LogP contribution in [0.4, 0.5) is 0 Å². The number of nitrogens with zero attached hydrogens (tertiary/aromatic N) is 1. The van der Waals surface area contributed by atoms with Gasteiger partial charge in [0.15, 0.2) is 0 Å². The Labute approximate surface area is 135 Å². The van der Waals surface area contributed by atoms with Crippen LogP contribution in [0.1, 0.15) is 12.5 Å². The van der Waals surface area contributed by atoms with Gasteiger partial charge in [-0.25, -0.2) is 4.83 Å². The van der Waals surface area contributed by atoms with Crippen LogP contribution in [0.15, 0.2) is 58.5 Å². The topological polar surface area (TPSA) is 77.0 Å². The summed E-state index contributed by atoms with van der Waals surface area (Å²) in [5.41, 5.74) is 0.613. The van der Waals surface area contributed by atoms with Crippen molar-refractivity contribution in [1.29, 1.82) is 0 Å². The van der Waals surface area contributed by atoms with Crippen LogP contribution in [-0.4, -0.2) is 28.3 Å². The van der Waals surface area contributed by atoms with Crippen molar-refractivity contribution >= 4 is 16.2 Å². The van der Waals surface area contributed by atoms with Gasteiger partial charge in [-0.1, -0.05) is 18.2 Å². The molecule has 0 aliphatic heterocycles. The van der Waals surface area contributed by atoms with Gasteiger partial charge in [0, 0.05) is 5.56 Å². The molecule has 0 radical (unpaired) electrons. The zero-order valence-electron chi connectivity index (χ0n) is 12.9. The van der Waals surface area contributed by atoms with Gasteiger partial charge in [-0.2, -0.15) is 13.5 Å². The summed E-state index contributed by atoms with van der Waals surface area (Å²) in [6, 6.07) is 13.2. The Morgan fingerprint density at radius 1 is 1.17 bits per heavy atom. The first-order valence-electron chi connectivity index (χ1n) is 6.97. The van der Waals surface area contributed by atoms with Crippen molar-refractivity contribution in [3.05, 3.63) is 54.1 Å². The van der Waals surface area contributed by atoms with E-state index < -0.39 is 10.0 Å². The highest BCUT2D eigenvalue weighted by Crippen LogP contribution is 2.22. The van der Waals surface area contributed by atoms with E-state index >= 15 is 0 Å². The Morgan fingerprint density at radius 3 is 2.57 bits per heavy atom. The third-order valence-corrected chi connectivity index (χ3v) is 4.19. The number of hydrazone groups is 1. The maximum Gasteiger partial charge on any atom is 0.276 e. The number of hydrogen-bond donors (Lipinski definition) is 1. The second-order valence-electron chi connectivity index (χ2n) is 4.50. The van der Waals surface area contributed by atoms with E-state index in [0.29, 0.717) is 23.7 Å². The van der Waals surface area contributed by atoms with Gasteiger partial charge >= 0.3 is 0 Å². The lowest BCUT2D eigenvalue weighted by molar-refractivity contribution is 0.338. The Bertz CT molecular complexity index is 774. The zero-order valence-corrected chi connectivity index (χ0v) is 13.7. The lowest BCUT2D eigenvalue weighted by atomic mass is 10.2. The quantitative estimate of drug-likeness (QED) is 0.623. The van der Waals surface area contributed by atoms with Gasteiger partial charge in [-0.3, -0.25) is 0 Å². The van der Waals surface area contributed by atoms with Crippen molar-refractivity contribution in [2.24, 2.45) is 5.10 Å². The molecule has 0 amide bonds. The Hall–Kier alpha value is -2.54. The van der Waals surface area contributed by atoms with Gasteiger partial charge in [-0.05, 0) is 37.3 Å². The van der Waals surface area contributed by atoms with Gasteiger partial charge in [0.05, 0.1) is 24.8 Å². The Kier molecular flexibility index (Phi) is 5.59. The second-order valence-corrected chi connectivity index (χ2v) is 6.16. The second kappa shape index (κ2) is 7.64. The molecule has 0 aliphatic carbocycles. The maximum absolute atomic E-state index is 12.1. The predicted molar refractivity (Wildman–Crippen MR) is 88.5 cm³/mol. The van der Waals surface area contributed by atoms with Crippen LogP contribution >= 0.6 is 0 Å². The monoisotopic (exact) mass is 334 g/mol.